The minimum Gasteiger partial charge on any atom is -0.323 e. The Balaban J connectivity index is 2.39. The molecule has 0 aliphatic rings. The van der Waals surface area contributed by atoms with Crippen LogP contribution in [0.2, 0.25) is 0 Å². The van der Waals surface area contributed by atoms with Crippen molar-refractivity contribution in [2.45, 2.75) is 13.5 Å². The van der Waals surface area contributed by atoms with E-state index in [-0.39, 0.29) is 30.0 Å². The second kappa shape index (κ2) is 5.45. The fourth-order valence-electron chi connectivity index (χ4n) is 1.99. The predicted octanol–water partition coefficient (Wildman–Crippen LogP) is -1.63. The Morgan fingerprint density at radius 1 is 1.24 bits per heavy atom. The molecule has 0 radical (unpaired) electrons. The molecule has 0 unspecified atom stereocenters. The van der Waals surface area contributed by atoms with Crippen LogP contribution in [-0.2, 0) is 30.7 Å². The first-order valence-corrected chi connectivity index (χ1v) is 8.02. The Hall–Kier alpha value is -1.94. The number of aromatic nitrogens is 4. The van der Waals surface area contributed by atoms with Crippen LogP contribution in [0.1, 0.15) is 6.92 Å². The molecule has 0 saturated carbocycles. The van der Waals surface area contributed by atoms with E-state index in [2.05, 4.69) is 9.71 Å². The van der Waals surface area contributed by atoms with Gasteiger partial charge in [0.25, 0.3) is 5.56 Å². The molecule has 2 aromatic heterocycles. The first-order chi connectivity index (χ1) is 9.78. The van der Waals surface area contributed by atoms with E-state index in [1.807, 2.05) is 0 Å². The van der Waals surface area contributed by atoms with E-state index in [1.165, 1.54) is 29.6 Å². The number of sulfonamides is 1. The number of fused-ring (bicyclic) bond motifs is 1. The summed E-state index contributed by atoms with van der Waals surface area (Å²) in [4.78, 5) is 28.0. The van der Waals surface area contributed by atoms with Crippen LogP contribution in [0.25, 0.3) is 11.2 Å². The molecule has 0 aliphatic heterocycles. The maximum atomic E-state index is 12.1. The third kappa shape index (κ3) is 2.76. The summed E-state index contributed by atoms with van der Waals surface area (Å²) in [5.74, 6) is -0.00601. The number of nitrogens with one attached hydrogen (secondary N) is 1. The van der Waals surface area contributed by atoms with Crippen molar-refractivity contribution in [2.75, 3.05) is 12.3 Å². The van der Waals surface area contributed by atoms with E-state index in [0.29, 0.717) is 0 Å². The lowest BCUT2D eigenvalue weighted by Gasteiger charge is -2.07. The number of imidazole rings is 1. The van der Waals surface area contributed by atoms with Crippen LogP contribution in [0.5, 0.6) is 0 Å². The number of hydrogen-bond donors (Lipinski definition) is 1. The summed E-state index contributed by atoms with van der Waals surface area (Å²) >= 11 is 0. The lowest BCUT2D eigenvalue weighted by Crippen LogP contribution is -2.38. The standard InChI is InChI=1S/C11H17N5O4S/c1-4-21(19,20)13-5-6-16-7-12-9-8(16)10(17)15(3)11(18)14(9)2/h7,13H,4-6H2,1-3H3. The first-order valence-electron chi connectivity index (χ1n) is 6.36. The van der Waals surface area contributed by atoms with Gasteiger partial charge in [-0.3, -0.25) is 13.9 Å². The van der Waals surface area contributed by atoms with Crippen molar-refractivity contribution in [3.05, 3.63) is 27.2 Å². The number of rotatable bonds is 5. The Bertz CT molecular complexity index is 890. The highest BCUT2D eigenvalue weighted by Crippen LogP contribution is 2.04. The summed E-state index contributed by atoms with van der Waals surface area (Å²) in [6, 6.07) is 0. The van der Waals surface area contributed by atoms with Gasteiger partial charge >= 0.3 is 5.69 Å². The Morgan fingerprint density at radius 3 is 2.52 bits per heavy atom. The minimum absolute atomic E-state index is 0.00601. The molecule has 0 aliphatic carbocycles. The van der Waals surface area contributed by atoms with Crippen LogP contribution in [0.3, 0.4) is 0 Å². The van der Waals surface area contributed by atoms with Gasteiger partial charge in [-0.2, -0.15) is 0 Å². The molecule has 0 atom stereocenters. The van der Waals surface area contributed by atoms with Crippen molar-refractivity contribution < 1.29 is 8.42 Å². The summed E-state index contributed by atoms with van der Waals surface area (Å²) < 4.78 is 29.0. The Labute approximate surface area is 120 Å². The quantitative estimate of drug-likeness (QED) is 0.713. The summed E-state index contributed by atoms with van der Waals surface area (Å²) in [6.45, 7) is 1.94. The molecule has 2 rings (SSSR count). The predicted molar refractivity (Wildman–Crippen MR) is 77.7 cm³/mol. The van der Waals surface area contributed by atoms with Gasteiger partial charge in [-0.15, -0.1) is 0 Å². The zero-order valence-corrected chi connectivity index (χ0v) is 12.8. The van der Waals surface area contributed by atoms with Gasteiger partial charge in [0, 0.05) is 27.2 Å². The summed E-state index contributed by atoms with van der Waals surface area (Å²) in [5, 5.41) is 0. The average Bonchev–Trinajstić information content (AvgIpc) is 2.86. The van der Waals surface area contributed by atoms with E-state index in [0.717, 1.165) is 4.57 Å². The van der Waals surface area contributed by atoms with Crippen LogP contribution < -0.4 is 16.0 Å². The van der Waals surface area contributed by atoms with E-state index in [9.17, 15) is 18.0 Å². The van der Waals surface area contributed by atoms with Gasteiger partial charge in [-0.05, 0) is 6.92 Å². The third-order valence-corrected chi connectivity index (χ3v) is 4.68. The van der Waals surface area contributed by atoms with Crippen molar-refractivity contribution in [3.8, 4) is 0 Å². The third-order valence-electron chi connectivity index (χ3n) is 3.27. The number of aryl methyl sites for hydroxylation is 1. The number of nitrogens with zero attached hydrogens (tertiary/aromatic N) is 4. The Kier molecular flexibility index (Phi) is 4.01. The molecule has 2 aromatic rings. The first kappa shape index (κ1) is 15.4. The SMILES string of the molecule is CCS(=O)(=O)NCCn1cnc2c1c(=O)n(C)c(=O)n2C. The fourth-order valence-corrected chi connectivity index (χ4v) is 2.60. The van der Waals surface area contributed by atoms with Gasteiger partial charge in [-0.25, -0.2) is 22.9 Å². The molecule has 0 amide bonds. The van der Waals surface area contributed by atoms with Crippen LogP contribution in [0.4, 0.5) is 0 Å². The highest BCUT2D eigenvalue weighted by molar-refractivity contribution is 7.89. The molecule has 9 nitrogen and oxygen atoms in total. The van der Waals surface area contributed by atoms with E-state index >= 15 is 0 Å². The molecular weight excluding hydrogens is 298 g/mol. The van der Waals surface area contributed by atoms with Crippen molar-refractivity contribution in [1.29, 1.82) is 0 Å². The monoisotopic (exact) mass is 315 g/mol. The van der Waals surface area contributed by atoms with Gasteiger partial charge < -0.3 is 4.57 Å². The number of hydrogen-bond acceptors (Lipinski definition) is 5. The largest absolute Gasteiger partial charge is 0.332 e. The molecule has 116 valence electrons. The highest BCUT2D eigenvalue weighted by Gasteiger charge is 2.14. The molecule has 21 heavy (non-hydrogen) atoms. The van der Waals surface area contributed by atoms with Crippen molar-refractivity contribution >= 4 is 21.2 Å². The van der Waals surface area contributed by atoms with Gasteiger partial charge in [0.05, 0.1) is 12.1 Å². The lowest BCUT2D eigenvalue weighted by atomic mass is 10.5. The molecule has 0 bridgehead atoms. The van der Waals surface area contributed by atoms with E-state index < -0.39 is 21.3 Å². The summed E-state index contributed by atoms with van der Waals surface area (Å²) in [7, 11) is -0.362. The lowest BCUT2D eigenvalue weighted by molar-refractivity contribution is 0.575. The molecule has 0 spiro atoms. The smallest absolute Gasteiger partial charge is 0.323 e. The van der Waals surface area contributed by atoms with Crippen LogP contribution in [-0.4, -0.2) is 39.4 Å². The van der Waals surface area contributed by atoms with Crippen LogP contribution in [0.15, 0.2) is 15.9 Å². The minimum atomic E-state index is -3.28. The molecule has 10 heteroatoms. The zero-order valence-electron chi connectivity index (χ0n) is 12.0. The molecule has 2 heterocycles. The van der Waals surface area contributed by atoms with Crippen molar-refractivity contribution in [2.24, 2.45) is 14.1 Å². The van der Waals surface area contributed by atoms with E-state index in [4.69, 9.17) is 0 Å². The molecular formula is C11H17N5O4S. The molecule has 0 aromatic carbocycles. The van der Waals surface area contributed by atoms with Crippen molar-refractivity contribution in [1.82, 2.24) is 23.4 Å². The van der Waals surface area contributed by atoms with Gasteiger partial charge in [0.1, 0.15) is 0 Å². The van der Waals surface area contributed by atoms with Crippen LogP contribution >= 0.6 is 0 Å². The Morgan fingerprint density at radius 2 is 1.90 bits per heavy atom. The van der Waals surface area contributed by atoms with Gasteiger partial charge in [0.2, 0.25) is 10.0 Å². The molecule has 0 saturated heterocycles. The topological polar surface area (TPSA) is 108 Å². The summed E-state index contributed by atoms with van der Waals surface area (Å²) in [6.07, 6.45) is 1.42. The molecule has 1 N–H and O–H groups in total. The van der Waals surface area contributed by atoms with E-state index in [1.54, 1.807) is 6.92 Å². The zero-order chi connectivity index (χ0) is 15.8. The van der Waals surface area contributed by atoms with Crippen LogP contribution in [0, 0.1) is 0 Å². The maximum absolute atomic E-state index is 12.1. The maximum Gasteiger partial charge on any atom is 0.332 e. The fraction of sp³-hybridized carbons (Fsp3) is 0.545. The second-order valence-electron chi connectivity index (χ2n) is 4.61. The van der Waals surface area contributed by atoms with Crippen molar-refractivity contribution in [3.63, 3.8) is 0 Å². The summed E-state index contributed by atoms with van der Waals surface area (Å²) in [5.41, 5.74) is -0.356. The van der Waals surface area contributed by atoms with Gasteiger partial charge in [0.15, 0.2) is 11.2 Å². The normalized spacial score (nSPS) is 12.1. The average molecular weight is 315 g/mol. The highest BCUT2D eigenvalue weighted by atomic mass is 32.2. The van der Waals surface area contributed by atoms with Gasteiger partial charge in [-0.1, -0.05) is 0 Å². The molecule has 0 fully saturated rings. The second-order valence-corrected chi connectivity index (χ2v) is 6.71.